The summed E-state index contributed by atoms with van der Waals surface area (Å²) in [5.41, 5.74) is 8.13. The number of hydrogen-bond donors (Lipinski definition) is 3. The standard InChI is InChI=1S/C25H26F4N6O3/c1-12-15(8-33-24-23(12)31-3-5-37-24)14-6-13-7-20(32-9-16(13)22(30)21(14)29)34-25(36)38-18-2-4-35(10-17(18)26)11-19(27)28/h6-9,17-19,31H,2-5,10-11,30H2,1H3,(H,32,34,36). The summed E-state index contributed by atoms with van der Waals surface area (Å²) in [7, 11) is 0. The smallest absolute Gasteiger partial charge is 0.413 e. The lowest BCUT2D eigenvalue weighted by molar-refractivity contribution is -0.0188. The topological polar surface area (TPSA) is 115 Å². The molecule has 0 spiro atoms. The van der Waals surface area contributed by atoms with Gasteiger partial charge in [-0.1, -0.05) is 0 Å². The van der Waals surface area contributed by atoms with Gasteiger partial charge >= 0.3 is 6.09 Å². The predicted molar refractivity (Wildman–Crippen MR) is 134 cm³/mol. The highest BCUT2D eigenvalue weighted by atomic mass is 19.3. The van der Waals surface area contributed by atoms with E-state index >= 15 is 4.39 Å². The fourth-order valence-electron chi connectivity index (χ4n) is 4.77. The molecular formula is C25H26F4N6O3. The lowest BCUT2D eigenvalue weighted by Crippen LogP contribution is -2.48. The van der Waals surface area contributed by atoms with Crippen LogP contribution in [0.15, 0.2) is 24.5 Å². The molecule has 0 radical (unpaired) electrons. The first-order valence-electron chi connectivity index (χ1n) is 12.1. The van der Waals surface area contributed by atoms with Gasteiger partial charge in [0.15, 0.2) is 5.82 Å². The normalized spacial score (nSPS) is 19.5. The lowest BCUT2D eigenvalue weighted by atomic mass is 9.97. The van der Waals surface area contributed by atoms with Crippen LogP contribution < -0.4 is 21.1 Å². The van der Waals surface area contributed by atoms with Crippen LogP contribution >= 0.6 is 0 Å². The number of benzene rings is 1. The number of ether oxygens (including phenoxy) is 2. The number of halogens is 4. The van der Waals surface area contributed by atoms with Gasteiger partial charge in [0.1, 0.15) is 30.4 Å². The fourth-order valence-corrected chi connectivity index (χ4v) is 4.77. The van der Waals surface area contributed by atoms with E-state index in [0.29, 0.717) is 41.1 Å². The van der Waals surface area contributed by atoms with Gasteiger partial charge in [-0.15, -0.1) is 0 Å². The molecule has 3 aromatic rings. The Morgan fingerprint density at radius 3 is 2.89 bits per heavy atom. The van der Waals surface area contributed by atoms with Crippen molar-refractivity contribution < 1.29 is 31.8 Å². The van der Waals surface area contributed by atoms with E-state index in [1.165, 1.54) is 23.4 Å². The van der Waals surface area contributed by atoms with Crippen molar-refractivity contribution in [2.45, 2.75) is 32.0 Å². The summed E-state index contributed by atoms with van der Waals surface area (Å²) in [6.45, 7) is 2.30. The number of nitrogens with zero attached hydrogens (tertiary/aromatic N) is 3. The van der Waals surface area contributed by atoms with Crippen molar-refractivity contribution in [3.8, 4) is 17.0 Å². The zero-order valence-electron chi connectivity index (χ0n) is 20.4. The van der Waals surface area contributed by atoms with Gasteiger partial charge in [0, 0.05) is 55.0 Å². The Bertz CT molecular complexity index is 1370. The van der Waals surface area contributed by atoms with E-state index in [-0.39, 0.29) is 36.6 Å². The highest BCUT2D eigenvalue weighted by molar-refractivity contribution is 5.99. The first-order chi connectivity index (χ1) is 18.2. The minimum absolute atomic E-state index is 0.0830. The Balaban J connectivity index is 1.35. The van der Waals surface area contributed by atoms with Crippen molar-refractivity contribution in [3.63, 3.8) is 0 Å². The molecule has 9 nitrogen and oxygen atoms in total. The SMILES string of the molecule is Cc1c(-c2cc3cc(NC(=O)OC4CCN(CC(F)F)CC4F)ncc3c(N)c2F)cnc2c1NCCO2. The first kappa shape index (κ1) is 25.8. The van der Waals surface area contributed by atoms with Crippen LogP contribution in [0.25, 0.3) is 21.9 Å². The van der Waals surface area contributed by atoms with Gasteiger partial charge in [-0.3, -0.25) is 10.2 Å². The minimum Gasteiger partial charge on any atom is -0.474 e. The van der Waals surface area contributed by atoms with E-state index in [1.807, 2.05) is 6.92 Å². The molecule has 0 aliphatic carbocycles. The second-order valence-electron chi connectivity index (χ2n) is 9.22. The van der Waals surface area contributed by atoms with Gasteiger partial charge in [0.25, 0.3) is 6.43 Å². The largest absolute Gasteiger partial charge is 0.474 e. The van der Waals surface area contributed by atoms with E-state index < -0.39 is 37.2 Å². The summed E-state index contributed by atoms with van der Waals surface area (Å²) < 4.78 is 65.6. The van der Waals surface area contributed by atoms with Crippen LogP contribution in [0.2, 0.25) is 0 Å². The van der Waals surface area contributed by atoms with Crippen molar-refractivity contribution in [3.05, 3.63) is 35.9 Å². The molecule has 0 bridgehead atoms. The Hall–Kier alpha value is -3.87. The summed E-state index contributed by atoms with van der Waals surface area (Å²) in [6, 6.07) is 3.08. The van der Waals surface area contributed by atoms with E-state index in [2.05, 4.69) is 20.6 Å². The van der Waals surface area contributed by atoms with E-state index in [0.717, 1.165) is 5.56 Å². The molecule has 1 aromatic carbocycles. The van der Waals surface area contributed by atoms with Crippen molar-refractivity contribution in [2.24, 2.45) is 0 Å². The maximum Gasteiger partial charge on any atom is 0.413 e. The number of nitrogen functional groups attached to an aromatic ring is 1. The average Bonchev–Trinajstić information content (AvgIpc) is 2.88. The minimum atomic E-state index is -2.57. The highest BCUT2D eigenvalue weighted by Gasteiger charge is 2.33. The third-order valence-corrected chi connectivity index (χ3v) is 6.69. The Labute approximate surface area is 215 Å². The maximum atomic E-state index is 15.3. The molecule has 1 saturated heterocycles. The number of carbonyl (C=O) groups excluding carboxylic acids is 1. The number of rotatable bonds is 5. The number of hydrogen-bond acceptors (Lipinski definition) is 8. The maximum absolute atomic E-state index is 15.3. The number of alkyl halides is 3. The number of piperidine rings is 1. The molecule has 1 fully saturated rings. The first-order valence-corrected chi connectivity index (χ1v) is 12.1. The zero-order valence-corrected chi connectivity index (χ0v) is 20.4. The average molecular weight is 535 g/mol. The summed E-state index contributed by atoms with van der Waals surface area (Å²) in [6.07, 6.45) is -3.26. The molecule has 2 aromatic heterocycles. The van der Waals surface area contributed by atoms with E-state index in [9.17, 15) is 18.0 Å². The van der Waals surface area contributed by atoms with E-state index in [1.54, 1.807) is 6.07 Å². The molecule has 202 valence electrons. The van der Waals surface area contributed by atoms with Crippen LogP contribution in [0.1, 0.15) is 12.0 Å². The highest BCUT2D eigenvalue weighted by Crippen LogP contribution is 2.39. The zero-order chi connectivity index (χ0) is 27.0. The molecule has 38 heavy (non-hydrogen) atoms. The summed E-state index contributed by atoms with van der Waals surface area (Å²) in [4.78, 5) is 22.1. The summed E-state index contributed by atoms with van der Waals surface area (Å²) >= 11 is 0. The molecule has 2 aliphatic heterocycles. The Morgan fingerprint density at radius 2 is 2.13 bits per heavy atom. The van der Waals surface area contributed by atoms with Crippen LogP contribution in [0.3, 0.4) is 0 Å². The van der Waals surface area contributed by atoms with Crippen LogP contribution in [0.4, 0.5) is 39.5 Å². The number of amides is 1. The third kappa shape index (κ3) is 5.10. The number of carbonyl (C=O) groups is 1. The Kier molecular flexibility index (Phi) is 7.11. The predicted octanol–water partition coefficient (Wildman–Crippen LogP) is 4.36. The van der Waals surface area contributed by atoms with E-state index in [4.69, 9.17) is 15.2 Å². The third-order valence-electron chi connectivity index (χ3n) is 6.69. The Morgan fingerprint density at radius 1 is 1.32 bits per heavy atom. The van der Waals surface area contributed by atoms with Crippen LogP contribution in [0.5, 0.6) is 5.88 Å². The number of nitrogens with one attached hydrogen (secondary N) is 2. The lowest BCUT2D eigenvalue weighted by Gasteiger charge is -2.33. The number of fused-ring (bicyclic) bond motifs is 2. The molecule has 2 atom stereocenters. The molecule has 5 rings (SSSR count). The summed E-state index contributed by atoms with van der Waals surface area (Å²) in [5.74, 6) is -0.107. The number of likely N-dealkylation sites (tertiary alicyclic amines) is 1. The molecule has 2 unspecified atom stereocenters. The fraction of sp³-hybridized carbons (Fsp3) is 0.400. The molecule has 1 amide bonds. The molecule has 13 heteroatoms. The monoisotopic (exact) mass is 534 g/mol. The van der Waals surface area contributed by atoms with Crippen molar-refractivity contribution in [2.75, 3.05) is 49.2 Å². The number of pyridine rings is 2. The second-order valence-corrected chi connectivity index (χ2v) is 9.22. The van der Waals surface area contributed by atoms with Gasteiger partial charge in [-0.25, -0.2) is 32.3 Å². The number of anilines is 3. The number of nitrogens with two attached hydrogens (primary N) is 1. The van der Waals surface area contributed by atoms with Gasteiger partial charge in [0.05, 0.1) is 12.2 Å². The molecule has 4 N–H and O–H groups in total. The molecule has 2 aliphatic rings. The van der Waals surface area contributed by atoms with Crippen molar-refractivity contribution in [1.82, 2.24) is 14.9 Å². The second kappa shape index (κ2) is 10.5. The van der Waals surface area contributed by atoms with Gasteiger partial charge in [0.2, 0.25) is 5.88 Å². The summed E-state index contributed by atoms with van der Waals surface area (Å²) in [5, 5.41) is 6.49. The quantitative estimate of drug-likeness (QED) is 0.327. The van der Waals surface area contributed by atoms with Crippen LogP contribution in [-0.2, 0) is 4.74 Å². The van der Waals surface area contributed by atoms with Crippen LogP contribution in [-0.4, -0.2) is 72.4 Å². The van der Waals surface area contributed by atoms with Crippen LogP contribution in [0, 0.1) is 12.7 Å². The van der Waals surface area contributed by atoms with Crippen molar-refractivity contribution >= 4 is 34.1 Å². The van der Waals surface area contributed by atoms with Gasteiger partial charge < -0.3 is 20.5 Å². The van der Waals surface area contributed by atoms with Crippen molar-refractivity contribution in [1.29, 1.82) is 0 Å². The molecule has 4 heterocycles. The number of aromatic nitrogens is 2. The molecular weight excluding hydrogens is 508 g/mol. The van der Waals surface area contributed by atoms with Gasteiger partial charge in [-0.05, 0) is 30.0 Å². The molecule has 0 saturated carbocycles. The van der Waals surface area contributed by atoms with Gasteiger partial charge in [-0.2, -0.15) is 0 Å².